The molecule has 0 aliphatic heterocycles. The summed E-state index contributed by atoms with van der Waals surface area (Å²) in [6, 6.07) is 25.6. The van der Waals surface area contributed by atoms with Gasteiger partial charge in [-0.05, 0) is 78.7 Å². The molecule has 2 N–H and O–H groups in total. The van der Waals surface area contributed by atoms with Crippen LogP contribution in [0, 0.1) is 10.1 Å². The molecule has 4 rings (SSSR count). The first-order chi connectivity index (χ1) is 22.1. The molecule has 12 heteroatoms. The number of esters is 1. The molecule has 0 aromatic heterocycles. The number of nitrogens with one attached hydrogen (secondary N) is 2. The predicted molar refractivity (Wildman–Crippen MR) is 174 cm³/mol. The van der Waals surface area contributed by atoms with Gasteiger partial charge in [-0.3, -0.25) is 19.7 Å². The summed E-state index contributed by atoms with van der Waals surface area (Å²) in [6.45, 7) is 2.03. The van der Waals surface area contributed by atoms with Gasteiger partial charge < -0.3 is 19.7 Å². The highest BCUT2D eigenvalue weighted by Crippen LogP contribution is 2.29. The maximum Gasteiger partial charge on any atom is 0.343 e. The minimum atomic E-state index is -0.724. The van der Waals surface area contributed by atoms with Gasteiger partial charge in [0.1, 0.15) is 5.70 Å². The monoisotopic (exact) mass is 621 g/mol. The van der Waals surface area contributed by atoms with Crippen molar-refractivity contribution in [3.63, 3.8) is 0 Å². The minimum Gasteiger partial charge on any atom is -0.490 e. The van der Waals surface area contributed by atoms with E-state index in [1.807, 2.05) is 43.3 Å². The van der Waals surface area contributed by atoms with Gasteiger partial charge in [-0.1, -0.05) is 30.3 Å². The first-order valence-corrected chi connectivity index (χ1v) is 14.1. The van der Waals surface area contributed by atoms with Crippen molar-refractivity contribution >= 4 is 41.4 Å². The molecule has 0 unspecified atom stereocenters. The van der Waals surface area contributed by atoms with Gasteiger partial charge in [-0.25, -0.2) is 10.2 Å². The highest BCUT2D eigenvalue weighted by molar-refractivity contribution is 6.05. The van der Waals surface area contributed by atoms with Crippen LogP contribution in [-0.4, -0.2) is 49.6 Å². The largest absolute Gasteiger partial charge is 0.490 e. The van der Waals surface area contributed by atoms with Crippen LogP contribution in [0.25, 0.3) is 6.08 Å². The van der Waals surface area contributed by atoms with Crippen molar-refractivity contribution in [2.24, 2.45) is 5.10 Å². The fourth-order valence-corrected chi connectivity index (χ4v) is 4.04. The van der Waals surface area contributed by atoms with E-state index in [9.17, 15) is 24.5 Å². The molecule has 0 spiro atoms. The van der Waals surface area contributed by atoms with Crippen LogP contribution in [0.1, 0.15) is 38.8 Å². The van der Waals surface area contributed by atoms with Crippen molar-refractivity contribution in [1.29, 1.82) is 0 Å². The Morgan fingerprint density at radius 2 is 1.54 bits per heavy atom. The molecular weight excluding hydrogens is 590 g/mol. The Morgan fingerprint density at radius 1 is 0.870 bits per heavy atom. The molecule has 0 fully saturated rings. The third kappa shape index (κ3) is 8.86. The number of anilines is 1. The van der Waals surface area contributed by atoms with Crippen molar-refractivity contribution in [2.75, 3.05) is 25.6 Å². The number of rotatable bonds is 12. The standard InChI is InChI=1S/C34H31N5O7/c1-4-45-31-21-24(12-19-30(31)46-34(42)26-13-17-28(18-14-26)39(43)44)22-35-37-33(41)29(36-32(40)25-8-6-5-7-9-25)20-23-10-15-27(16-11-23)38(2)3/h5-22H,4H2,1-3H3,(H,36,40)(H,37,41)/b29-20-,35-22-. The number of benzene rings is 4. The second kappa shape index (κ2) is 15.4. The fraction of sp³-hybridized carbons (Fsp3) is 0.118. The molecule has 234 valence electrons. The Kier molecular flexibility index (Phi) is 10.9. The first kappa shape index (κ1) is 32.6. The minimum absolute atomic E-state index is 0.0212. The first-order valence-electron chi connectivity index (χ1n) is 14.1. The SMILES string of the molecule is CCOc1cc(/C=N\NC(=O)/C(=C/c2ccc(N(C)C)cc2)NC(=O)c2ccccc2)ccc1OC(=O)c1ccc([N+](=O)[O-])cc1. The molecule has 0 atom stereocenters. The molecule has 2 amide bonds. The molecule has 0 aliphatic rings. The van der Waals surface area contributed by atoms with Gasteiger partial charge >= 0.3 is 5.97 Å². The summed E-state index contributed by atoms with van der Waals surface area (Å²) in [5.41, 5.74) is 4.94. The number of nitro groups is 1. The smallest absolute Gasteiger partial charge is 0.343 e. The number of nitro benzene ring substituents is 1. The molecule has 4 aromatic rings. The maximum atomic E-state index is 13.2. The summed E-state index contributed by atoms with van der Waals surface area (Å²) >= 11 is 0. The normalized spacial score (nSPS) is 11.1. The van der Waals surface area contributed by atoms with E-state index in [1.54, 1.807) is 55.5 Å². The van der Waals surface area contributed by atoms with E-state index in [1.165, 1.54) is 36.5 Å². The van der Waals surface area contributed by atoms with E-state index in [-0.39, 0.29) is 35.1 Å². The number of non-ortho nitro benzene ring substituents is 1. The van der Waals surface area contributed by atoms with Crippen LogP contribution < -0.4 is 25.1 Å². The number of hydrogen-bond donors (Lipinski definition) is 2. The average Bonchev–Trinajstić information content (AvgIpc) is 3.06. The average molecular weight is 622 g/mol. The second-order valence-electron chi connectivity index (χ2n) is 9.90. The van der Waals surface area contributed by atoms with Gasteiger partial charge in [0, 0.05) is 37.5 Å². The van der Waals surface area contributed by atoms with Gasteiger partial charge in [-0.2, -0.15) is 5.10 Å². The van der Waals surface area contributed by atoms with Crippen molar-refractivity contribution < 1.29 is 28.8 Å². The van der Waals surface area contributed by atoms with Gasteiger partial charge in [0.05, 0.1) is 23.3 Å². The van der Waals surface area contributed by atoms with Crippen molar-refractivity contribution in [2.45, 2.75) is 6.92 Å². The van der Waals surface area contributed by atoms with E-state index in [0.717, 1.165) is 5.69 Å². The van der Waals surface area contributed by atoms with Crippen LogP contribution in [-0.2, 0) is 4.79 Å². The van der Waals surface area contributed by atoms with Crippen LogP contribution in [0.2, 0.25) is 0 Å². The number of hydrogen-bond acceptors (Lipinski definition) is 9. The van der Waals surface area contributed by atoms with Crippen molar-refractivity contribution in [3.05, 3.63) is 135 Å². The molecule has 0 saturated heterocycles. The summed E-state index contributed by atoms with van der Waals surface area (Å²) in [5, 5.41) is 17.6. The number of carbonyl (C=O) groups is 3. The zero-order chi connectivity index (χ0) is 33.1. The lowest BCUT2D eigenvalue weighted by Gasteiger charge is -2.13. The van der Waals surface area contributed by atoms with E-state index in [4.69, 9.17) is 9.47 Å². The zero-order valence-electron chi connectivity index (χ0n) is 25.3. The molecule has 46 heavy (non-hydrogen) atoms. The summed E-state index contributed by atoms with van der Waals surface area (Å²) in [5.74, 6) is -1.48. The van der Waals surface area contributed by atoms with Crippen LogP contribution in [0.3, 0.4) is 0 Å². The van der Waals surface area contributed by atoms with Crippen molar-refractivity contribution in [1.82, 2.24) is 10.7 Å². The van der Waals surface area contributed by atoms with Crippen LogP contribution in [0.4, 0.5) is 11.4 Å². The molecule has 12 nitrogen and oxygen atoms in total. The van der Waals surface area contributed by atoms with E-state index in [0.29, 0.717) is 16.7 Å². The Labute approximate surface area is 265 Å². The highest BCUT2D eigenvalue weighted by atomic mass is 16.6. The maximum absolute atomic E-state index is 13.2. The summed E-state index contributed by atoms with van der Waals surface area (Å²) in [7, 11) is 3.84. The number of nitrogens with zero attached hydrogens (tertiary/aromatic N) is 3. The van der Waals surface area contributed by atoms with Gasteiger partial charge in [0.25, 0.3) is 17.5 Å². The number of amides is 2. The quantitative estimate of drug-likeness (QED) is 0.0547. The lowest BCUT2D eigenvalue weighted by atomic mass is 10.1. The van der Waals surface area contributed by atoms with Crippen molar-refractivity contribution in [3.8, 4) is 11.5 Å². The van der Waals surface area contributed by atoms with E-state index in [2.05, 4.69) is 15.8 Å². The zero-order valence-corrected chi connectivity index (χ0v) is 25.3. The molecule has 0 radical (unpaired) electrons. The van der Waals surface area contributed by atoms with Crippen LogP contribution >= 0.6 is 0 Å². The van der Waals surface area contributed by atoms with Gasteiger partial charge in [-0.15, -0.1) is 0 Å². The summed E-state index contributed by atoms with van der Waals surface area (Å²) in [4.78, 5) is 51.0. The molecule has 4 aromatic carbocycles. The highest BCUT2D eigenvalue weighted by Gasteiger charge is 2.16. The van der Waals surface area contributed by atoms with Gasteiger partial charge in [0.15, 0.2) is 11.5 Å². The molecule has 0 saturated carbocycles. The number of hydrazone groups is 1. The van der Waals surface area contributed by atoms with E-state index < -0.39 is 22.7 Å². The predicted octanol–water partition coefficient (Wildman–Crippen LogP) is 5.20. The van der Waals surface area contributed by atoms with Crippen LogP contribution in [0.5, 0.6) is 11.5 Å². The molecular formula is C34H31N5O7. The summed E-state index contributed by atoms with van der Waals surface area (Å²) in [6.07, 6.45) is 2.91. The number of carbonyl (C=O) groups excluding carboxylic acids is 3. The fourth-order valence-electron chi connectivity index (χ4n) is 4.04. The third-order valence-corrected chi connectivity index (χ3v) is 6.41. The lowest BCUT2D eigenvalue weighted by molar-refractivity contribution is -0.384. The Bertz CT molecular complexity index is 1770. The Morgan fingerprint density at radius 3 is 2.17 bits per heavy atom. The Hall–Kier alpha value is -6.30. The van der Waals surface area contributed by atoms with Gasteiger partial charge in [0.2, 0.25) is 0 Å². The van der Waals surface area contributed by atoms with Crippen LogP contribution in [0.15, 0.2) is 108 Å². The molecule has 0 aliphatic carbocycles. The Balaban J connectivity index is 1.50. The lowest BCUT2D eigenvalue weighted by Crippen LogP contribution is -2.32. The topological polar surface area (TPSA) is 152 Å². The van der Waals surface area contributed by atoms with E-state index >= 15 is 0 Å². The second-order valence-corrected chi connectivity index (χ2v) is 9.90. The third-order valence-electron chi connectivity index (χ3n) is 6.41. The molecule has 0 bridgehead atoms. The molecule has 0 heterocycles. The summed E-state index contributed by atoms with van der Waals surface area (Å²) < 4.78 is 11.1. The number of ether oxygens (including phenoxy) is 2.